The Balaban J connectivity index is 1.79. The van der Waals surface area contributed by atoms with Gasteiger partial charge in [0.2, 0.25) is 5.91 Å². The van der Waals surface area contributed by atoms with E-state index in [-0.39, 0.29) is 17.9 Å². The second-order valence-corrected chi connectivity index (χ2v) is 10.1. The summed E-state index contributed by atoms with van der Waals surface area (Å²) < 4.78 is 0. The van der Waals surface area contributed by atoms with Crippen molar-refractivity contribution < 1.29 is 9.59 Å². The predicted molar refractivity (Wildman–Crippen MR) is 134 cm³/mol. The molecule has 2 aromatic carbocycles. The van der Waals surface area contributed by atoms with E-state index in [0.717, 1.165) is 36.3 Å². The highest BCUT2D eigenvalue weighted by atomic mass is 35.5. The van der Waals surface area contributed by atoms with Crippen LogP contribution in [0.15, 0.2) is 54.6 Å². The molecule has 0 radical (unpaired) electrons. The van der Waals surface area contributed by atoms with Crippen LogP contribution in [0.1, 0.15) is 64.1 Å². The minimum absolute atomic E-state index is 0.131. The molecule has 0 aliphatic heterocycles. The van der Waals surface area contributed by atoms with Crippen LogP contribution in [0.5, 0.6) is 0 Å². The summed E-state index contributed by atoms with van der Waals surface area (Å²) in [5.41, 5.74) is 2.04. The third-order valence-corrected chi connectivity index (χ3v) is 7.31. The first-order valence-corrected chi connectivity index (χ1v) is 12.5. The number of benzene rings is 2. The number of carbonyl (C=O) groups excluding carboxylic acids is 2. The highest BCUT2D eigenvalue weighted by molar-refractivity contribution is 7.13. The third-order valence-electron chi connectivity index (χ3n) is 5.99. The first-order valence-electron chi connectivity index (χ1n) is 11.3. The number of aromatic nitrogens is 1. The highest BCUT2D eigenvalue weighted by Gasteiger charge is 2.35. The van der Waals surface area contributed by atoms with Crippen molar-refractivity contribution in [2.24, 2.45) is 0 Å². The number of anilines is 1. The van der Waals surface area contributed by atoms with Gasteiger partial charge in [-0.05, 0) is 56.5 Å². The summed E-state index contributed by atoms with van der Waals surface area (Å²) in [6, 6.07) is 15.8. The fourth-order valence-electron chi connectivity index (χ4n) is 4.40. The van der Waals surface area contributed by atoms with Crippen molar-refractivity contribution in [3.63, 3.8) is 0 Å². The Morgan fingerprint density at radius 2 is 1.70 bits per heavy atom. The predicted octanol–water partition coefficient (Wildman–Crippen LogP) is 6.25. The maximum absolute atomic E-state index is 14.0. The SMILES string of the molecule is Cc1nc(C)c(C(=O)N(c2ccc(Cl)cc2)[C@@H](C(=O)NC2CCCCC2)c2ccccc2)s1. The van der Waals surface area contributed by atoms with Crippen molar-refractivity contribution >= 4 is 40.4 Å². The van der Waals surface area contributed by atoms with Crippen molar-refractivity contribution in [3.05, 3.63) is 80.8 Å². The Morgan fingerprint density at radius 3 is 2.30 bits per heavy atom. The standard InChI is InChI=1S/C26H28ClN3O2S/c1-17-24(33-18(2)28-17)26(32)30(22-15-13-20(27)14-16-22)23(19-9-5-3-6-10-19)25(31)29-21-11-7-4-8-12-21/h3,5-6,9-10,13-16,21,23H,4,7-8,11-12H2,1-2H3,(H,29,31)/t23-/m1/s1. The number of aryl methyl sites for hydroxylation is 2. The van der Waals surface area contributed by atoms with E-state index in [9.17, 15) is 9.59 Å². The number of hydrogen-bond acceptors (Lipinski definition) is 4. The van der Waals surface area contributed by atoms with Gasteiger partial charge >= 0.3 is 0 Å². The second-order valence-electron chi connectivity index (χ2n) is 8.46. The van der Waals surface area contributed by atoms with Crippen LogP contribution >= 0.6 is 22.9 Å². The van der Waals surface area contributed by atoms with Crippen LogP contribution in [0.2, 0.25) is 5.02 Å². The summed E-state index contributed by atoms with van der Waals surface area (Å²) in [4.78, 5) is 34.3. The molecule has 3 aromatic rings. The lowest BCUT2D eigenvalue weighted by Gasteiger charge is -2.33. The van der Waals surface area contributed by atoms with Crippen molar-refractivity contribution in [2.45, 2.75) is 58.0 Å². The fraction of sp³-hybridized carbons (Fsp3) is 0.346. The summed E-state index contributed by atoms with van der Waals surface area (Å²) in [7, 11) is 0. The molecule has 0 bridgehead atoms. The molecule has 1 aliphatic rings. The van der Waals surface area contributed by atoms with E-state index in [0.29, 0.717) is 21.3 Å². The topological polar surface area (TPSA) is 62.3 Å². The molecule has 1 heterocycles. The molecular formula is C26H28ClN3O2S. The Hall–Kier alpha value is -2.70. The van der Waals surface area contributed by atoms with Crippen molar-refractivity contribution in [3.8, 4) is 0 Å². The molecule has 1 aliphatic carbocycles. The van der Waals surface area contributed by atoms with Gasteiger partial charge < -0.3 is 5.32 Å². The van der Waals surface area contributed by atoms with Gasteiger partial charge in [-0.25, -0.2) is 4.98 Å². The summed E-state index contributed by atoms with van der Waals surface area (Å²) in [6.07, 6.45) is 5.36. The molecule has 172 valence electrons. The number of carbonyl (C=O) groups is 2. The monoisotopic (exact) mass is 481 g/mol. The molecule has 1 atom stereocenters. The Bertz CT molecular complexity index is 1110. The van der Waals surface area contributed by atoms with E-state index in [1.54, 1.807) is 29.2 Å². The van der Waals surface area contributed by atoms with E-state index in [1.165, 1.54) is 17.8 Å². The normalized spacial score (nSPS) is 15.1. The minimum Gasteiger partial charge on any atom is -0.351 e. The van der Waals surface area contributed by atoms with Gasteiger partial charge in [-0.1, -0.05) is 61.2 Å². The second kappa shape index (κ2) is 10.5. The number of nitrogens with zero attached hydrogens (tertiary/aromatic N) is 2. The lowest BCUT2D eigenvalue weighted by Crippen LogP contribution is -2.47. The van der Waals surface area contributed by atoms with Gasteiger partial charge in [-0.2, -0.15) is 0 Å². The molecule has 2 amide bonds. The van der Waals surface area contributed by atoms with Gasteiger partial charge in [-0.15, -0.1) is 11.3 Å². The van der Waals surface area contributed by atoms with Gasteiger partial charge in [0, 0.05) is 16.8 Å². The molecule has 4 rings (SSSR count). The molecule has 33 heavy (non-hydrogen) atoms. The number of nitrogens with one attached hydrogen (secondary N) is 1. The zero-order valence-corrected chi connectivity index (χ0v) is 20.5. The summed E-state index contributed by atoms with van der Waals surface area (Å²) in [6.45, 7) is 3.71. The van der Waals surface area contributed by atoms with Crippen molar-refractivity contribution in [1.29, 1.82) is 0 Å². The van der Waals surface area contributed by atoms with Gasteiger partial charge in [0.1, 0.15) is 10.9 Å². The first kappa shape index (κ1) is 23.5. The molecule has 0 spiro atoms. The van der Waals surface area contributed by atoms with Crippen LogP contribution in [-0.2, 0) is 4.79 Å². The third kappa shape index (κ3) is 5.45. The van der Waals surface area contributed by atoms with Gasteiger partial charge in [-0.3, -0.25) is 14.5 Å². The van der Waals surface area contributed by atoms with Crippen LogP contribution < -0.4 is 10.2 Å². The molecule has 1 fully saturated rings. The summed E-state index contributed by atoms with van der Waals surface area (Å²) >= 11 is 7.49. The lowest BCUT2D eigenvalue weighted by atomic mass is 9.94. The highest BCUT2D eigenvalue weighted by Crippen LogP contribution is 2.33. The molecule has 1 saturated carbocycles. The van der Waals surface area contributed by atoms with Crippen LogP contribution in [0.3, 0.4) is 0 Å². The number of halogens is 1. The average molecular weight is 482 g/mol. The molecule has 0 saturated heterocycles. The van der Waals surface area contributed by atoms with Gasteiger partial charge in [0.05, 0.1) is 10.7 Å². The first-order chi connectivity index (χ1) is 15.9. The largest absolute Gasteiger partial charge is 0.351 e. The van der Waals surface area contributed by atoms with Gasteiger partial charge in [0.25, 0.3) is 5.91 Å². The smallest absolute Gasteiger partial charge is 0.271 e. The Morgan fingerprint density at radius 1 is 1.03 bits per heavy atom. The number of hydrogen-bond donors (Lipinski definition) is 1. The van der Waals surface area contributed by atoms with E-state index in [1.807, 2.05) is 44.2 Å². The van der Waals surface area contributed by atoms with Crippen molar-refractivity contribution in [1.82, 2.24) is 10.3 Å². The molecule has 5 nitrogen and oxygen atoms in total. The number of amides is 2. The lowest BCUT2D eigenvalue weighted by molar-refractivity contribution is -0.123. The average Bonchev–Trinajstić information content (AvgIpc) is 3.16. The summed E-state index contributed by atoms with van der Waals surface area (Å²) in [5, 5.41) is 4.62. The molecule has 1 aromatic heterocycles. The molecule has 1 N–H and O–H groups in total. The van der Waals surface area contributed by atoms with Crippen LogP contribution in [-0.4, -0.2) is 22.8 Å². The van der Waals surface area contributed by atoms with Crippen LogP contribution in [0.4, 0.5) is 5.69 Å². The molecular weight excluding hydrogens is 454 g/mol. The Labute approximate surface area is 203 Å². The van der Waals surface area contributed by atoms with E-state index >= 15 is 0 Å². The summed E-state index contributed by atoms with van der Waals surface area (Å²) in [5.74, 6) is -0.414. The fourth-order valence-corrected chi connectivity index (χ4v) is 5.39. The number of thiazole rings is 1. The molecule has 7 heteroatoms. The Kier molecular flexibility index (Phi) is 7.46. The van der Waals surface area contributed by atoms with E-state index < -0.39 is 6.04 Å². The maximum atomic E-state index is 14.0. The quantitative estimate of drug-likeness (QED) is 0.452. The van der Waals surface area contributed by atoms with Crippen LogP contribution in [0.25, 0.3) is 0 Å². The van der Waals surface area contributed by atoms with E-state index in [2.05, 4.69) is 10.3 Å². The maximum Gasteiger partial charge on any atom is 0.271 e. The zero-order chi connectivity index (χ0) is 23.4. The minimum atomic E-state index is -0.816. The number of rotatable bonds is 6. The van der Waals surface area contributed by atoms with Gasteiger partial charge in [0.15, 0.2) is 0 Å². The van der Waals surface area contributed by atoms with Crippen molar-refractivity contribution in [2.75, 3.05) is 4.90 Å². The molecule has 0 unspecified atom stereocenters. The zero-order valence-electron chi connectivity index (χ0n) is 18.9. The van der Waals surface area contributed by atoms with E-state index in [4.69, 9.17) is 11.6 Å². The van der Waals surface area contributed by atoms with Crippen LogP contribution in [0, 0.1) is 13.8 Å².